The number of rotatable bonds is 2. The van der Waals surface area contributed by atoms with E-state index in [4.69, 9.17) is 0 Å². The molecule has 0 radical (unpaired) electrons. The summed E-state index contributed by atoms with van der Waals surface area (Å²) in [6, 6.07) is 0.789. The highest BCUT2D eigenvalue weighted by atomic mass is 15.2. The van der Waals surface area contributed by atoms with Gasteiger partial charge in [0.1, 0.15) is 0 Å². The Morgan fingerprint density at radius 3 is 3.00 bits per heavy atom. The number of hydrogen-bond donors (Lipinski definition) is 1. The first-order chi connectivity index (χ1) is 5.84. The van der Waals surface area contributed by atoms with E-state index in [-0.39, 0.29) is 0 Å². The first-order valence-corrected chi connectivity index (χ1v) is 4.96. The zero-order chi connectivity index (χ0) is 8.39. The van der Waals surface area contributed by atoms with Crippen LogP contribution in [-0.2, 0) is 0 Å². The fraction of sp³-hybridized carbons (Fsp3) is 0.800. The van der Waals surface area contributed by atoms with Gasteiger partial charge >= 0.3 is 0 Å². The fourth-order valence-corrected chi connectivity index (χ4v) is 1.79. The Kier molecular flexibility index (Phi) is 2.47. The molecule has 0 aliphatic carbocycles. The minimum atomic E-state index is 0.789. The van der Waals surface area contributed by atoms with Gasteiger partial charge in [-0.3, -0.25) is 4.90 Å². The summed E-state index contributed by atoms with van der Waals surface area (Å²) in [6.07, 6.45) is 5.01. The van der Waals surface area contributed by atoms with E-state index in [1.807, 2.05) is 0 Å². The second-order valence-corrected chi connectivity index (χ2v) is 4.00. The maximum Gasteiger partial charge on any atom is 0.0207 e. The molecule has 2 heteroatoms. The minimum Gasteiger partial charge on any atom is -0.313 e. The Labute approximate surface area is 74.6 Å². The molecule has 68 valence electrons. The van der Waals surface area contributed by atoms with Gasteiger partial charge in [-0.05, 0) is 26.3 Å². The van der Waals surface area contributed by atoms with E-state index in [2.05, 4.69) is 23.2 Å². The van der Waals surface area contributed by atoms with E-state index in [0.29, 0.717) is 0 Å². The summed E-state index contributed by atoms with van der Waals surface area (Å²) in [6.45, 7) is 7.15. The van der Waals surface area contributed by atoms with Gasteiger partial charge in [-0.25, -0.2) is 0 Å². The van der Waals surface area contributed by atoms with Crippen LogP contribution < -0.4 is 5.32 Å². The molecule has 0 spiro atoms. The molecule has 0 aromatic heterocycles. The zero-order valence-corrected chi connectivity index (χ0v) is 7.84. The summed E-state index contributed by atoms with van der Waals surface area (Å²) in [7, 11) is 0. The summed E-state index contributed by atoms with van der Waals surface area (Å²) in [5.41, 5.74) is 1.56. The van der Waals surface area contributed by atoms with Crippen molar-refractivity contribution in [1.29, 1.82) is 0 Å². The largest absolute Gasteiger partial charge is 0.313 e. The van der Waals surface area contributed by atoms with E-state index in [0.717, 1.165) is 6.04 Å². The highest BCUT2D eigenvalue weighted by Crippen LogP contribution is 2.12. The van der Waals surface area contributed by atoms with Gasteiger partial charge in [0.25, 0.3) is 0 Å². The molecule has 1 fully saturated rings. The van der Waals surface area contributed by atoms with Crippen LogP contribution in [0.25, 0.3) is 0 Å². The topological polar surface area (TPSA) is 15.3 Å². The SMILES string of the molecule is CC1=CCN(CC2CCN2)CC1. The molecule has 0 bridgehead atoms. The molecule has 1 N–H and O–H groups in total. The molecule has 1 atom stereocenters. The van der Waals surface area contributed by atoms with Crippen LogP contribution in [-0.4, -0.2) is 37.1 Å². The molecule has 2 rings (SSSR count). The Bertz CT molecular complexity index is 182. The lowest BCUT2D eigenvalue weighted by molar-refractivity contribution is 0.219. The zero-order valence-electron chi connectivity index (χ0n) is 7.84. The van der Waals surface area contributed by atoms with Crippen LogP contribution in [0, 0.1) is 0 Å². The van der Waals surface area contributed by atoms with E-state index in [1.165, 1.54) is 39.0 Å². The van der Waals surface area contributed by atoms with Crippen molar-refractivity contribution in [3.05, 3.63) is 11.6 Å². The van der Waals surface area contributed by atoms with Crippen molar-refractivity contribution in [2.45, 2.75) is 25.8 Å². The Balaban J connectivity index is 1.75. The Hall–Kier alpha value is -0.340. The molecule has 0 amide bonds. The van der Waals surface area contributed by atoms with Gasteiger partial charge in [-0.1, -0.05) is 11.6 Å². The number of nitrogens with one attached hydrogen (secondary N) is 1. The van der Waals surface area contributed by atoms with Crippen LogP contribution in [0.15, 0.2) is 11.6 Å². The molecular formula is C10H18N2. The third kappa shape index (κ3) is 1.87. The van der Waals surface area contributed by atoms with Crippen LogP contribution in [0.3, 0.4) is 0 Å². The van der Waals surface area contributed by atoms with Gasteiger partial charge in [-0.15, -0.1) is 0 Å². The number of nitrogens with zero attached hydrogens (tertiary/aromatic N) is 1. The van der Waals surface area contributed by atoms with Gasteiger partial charge in [-0.2, -0.15) is 0 Å². The molecule has 2 nitrogen and oxygen atoms in total. The molecule has 0 saturated carbocycles. The third-order valence-corrected chi connectivity index (χ3v) is 2.92. The van der Waals surface area contributed by atoms with Gasteiger partial charge < -0.3 is 5.32 Å². The number of hydrogen-bond acceptors (Lipinski definition) is 2. The lowest BCUT2D eigenvalue weighted by atomic mass is 10.0. The average molecular weight is 166 g/mol. The van der Waals surface area contributed by atoms with E-state index in [9.17, 15) is 0 Å². The molecule has 1 saturated heterocycles. The molecule has 12 heavy (non-hydrogen) atoms. The van der Waals surface area contributed by atoms with Crippen LogP contribution in [0.4, 0.5) is 0 Å². The maximum atomic E-state index is 3.44. The van der Waals surface area contributed by atoms with E-state index >= 15 is 0 Å². The first kappa shape index (κ1) is 8.27. The molecule has 2 aliphatic rings. The molecular weight excluding hydrogens is 148 g/mol. The lowest BCUT2D eigenvalue weighted by Gasteiger charge is -2.34. The molecule has 0 aromatic rings. The fourth-order valence-electron chi connectivity index (χ4n) is 1.79. The van der Waals surface area contributed by atoms with Crippen molar-refractivity contribution in [1.82, 2.24) is 10.2 Å². The van der Waals surface area contributed by atoms with Crippen molar-refractivity contribution in [3.8, 4) is 0 Å². The summed E-state index contributed by atoms with van der Waals surface area (Å²) in [5.74, 6) is 0. The summed E-state index contributed by atoms with van der Waals surface area (Å²) < 4.78 is 0. The van der Waals surface area contributed by atoms with Gasteiger partial charge in [0.05, 0.1) is 0 Å². The van der Waals surface area contributed by atoms with Crippen LogP contribution in [0.1, 0.15) is 19.8 Å². The van der Waals surface area contributed by atoms with Crippen molar-refractivity contribution in [2.75, 3.05) is 26.2 Å². The van der Waals surface area contributed by atoms with Crippen molar-refractivity contribution >= 4 is 0 Å². The second kappa shape index (κ2) is 3.58. The molecule has 0 aromatic carbocycles. The van der Waals surface area contributed by atoms with Crippen LogP contribution in [0.5, 0.6) is 0 Å². The van der Waals surface area contributed by atoms with Crippen molar-refractivity contribution in [2.24, 2.45) is 0 Å². The Morgan fingerprint density at radius 2 is 2.50 bits per heavy atom. The quantitative estimate of drug-likeness (QED) is 0.616. The molecule has 2 aliphatic heterocycles. The van der Waals surface area contributed by atoms with E-state index in [1.54, 1.807) is 5.57 Å². The molecule has 1 unspecified atom stereocenters. The van der Waals surface area contributed by atoms with Crippen molar-refractivity contribution in [3.63, 3.8) is 0 Å². The highest BCUT2D eigenvalue weighted by molar-refractivity contribution is 5.04. The minimum absolute atomic E-state index is 0.789. The second-order valence-electron chi connectivity index (χ2n) is 4.00. The summed E-state index contributed by atoms with van der Waals surface area (Å²) in [5, 5.41) is 3.44. The van der Waals surface area contributed by atoms with Gasteiger partial charge in [0.15, 0.2) is 0 Å². The predicted octanol–water partition coefficient (Wildman–Crippen LogP) is 1.00. The normalized spacial score (nSPS) is 31.1. The highest BCUT2D eigenvalue weighted by Gasteiger charge is 2.20. The average Bonchev–Trinajstić information content (AvgIpc) is 2.00. The Morgan fingerprint density at radius 1 is 1.67 bits per heavy atom. The summed E-state index contributed by atoms with van der Waals surface area (Å²) in [4.78, 5) is 2.55. The smallest absolute Gasteiger partial charge is 0.0207 e. The third-order valence-electron chi connectivity index (χ3n) is 2.92. The van der Waals surface area contributed by atoms with Crippen LogP contribution in [0.2, 0.25) is 0 Å². The standard InChI is InChI=1S/C10H18N2/c1-9-3-6-12(7-4-9)8-10-2-5-11-10/h3,10-11H,2,4-8H2,1H3. The van der Waals surface area contributed by atoms with E-state index < -0.39 is 0 Å². The van der Waals surface area contributed by atoms with Crippen LogP contribution >= 0.6 is 0 Å². The monoisotopic (exact) mass is 166 g/mol. The maximum absolute atomic E-state index is 3.44. The predicted molar refractivity (Wildman–Crippen MR) is 51.2 cm³/mol. The summed E-state index contributed by atoms with van der Waals surface area (Å²) >= 11 is 0. The van der Waals surface area contributed by atoms with Gasteiger partial charge in [0, 0.05) is 25.7 Å². The molecule has 2 heterocycles. The van der Waals surface area contributed by atoms with Crippen molar-refractivity contribution < 1.29 is 0 Å². The lowest BCUT2D eigenvalue weighted by Crippen LogP contribution is -2.50. The first-order valence-electron chi connectivity index (χ1n) is 4.96. The van der Waals surface area contributed by atoms with Gasteiger partial charge in [0.2, 0.25) is 0 Å².